The van der Waals surface area contributed by atoms with E-state index in [9.17, 15) is 9.59 Å². The van der Waals surface area contributed by atoms with E-state index in [1.165, 1.54) is 18.7 Å². The van der Waals surface area contributed by atoms with Gasteiger partial charge in [-0.05, 0) is 12.1 Å². The van der Waals surface area contributed by atoms with Crippen molar-refractivity contribution in [3.05, 3.63) is 47.9 Å². The van der Waals surface area contributed by atoms with Crippen LogP contribution in [0.3, 0.4) is 0 Å². The molecule has 0 saturated carbocycles. The second kappa shape index (κ2) is 5.09. The Kier molecular flexibility index (Phi) is 3.33. The third-order valence-corrected chi connectivity index (χ3v) is 2.12. The fourth-order valence-electron chi connectivity index (χ4n) is 1.32. The zero-order valence-electron chi connectivity index (χ0n) is 9.16. The van der Waals surface area contributed by atoms with E-state index in [4.69, 9.17) is 9.52 Å². The summed E-state index contributed by atoms with van der Waals surface area (Å²) in [6.07, 6.45) is 3.95. The predicted molar refractivity (Wildman–Crippen MR) is 58.9 cm³/mol. The summed E-state index contributed by atoms with van der Waals surface area (Å²) in [5, 5.41) is 11.4. The Balaban J connectivity index is 2.11. The first kappa shape index (κ1) is 11.8. The maximum absolute atomic E-state index is 11.7. The minimum absolute atomic E-state index is 0.154. The lowest BCUT2D eigenvalue weighted by molar-refractivity contribution is 0.0683. The van der Waals surface area contributed by atoms with E-state index in [0.717, 1.165) is 0 Å². The molecule has 0 aromatic carbocycles. The van der Waals surface area contributed by atoms with Crippen molar-refractivity contribution >= 4 is 11.9 Å². The Morgan fingerprint density at radius 1 is 1.28 bits per heavy atom. The first-order chi connectivity index (χ1) is 8.68. The number of aromatic nitrogens is 2. The van der Waals surface area contributed by atoms with Gasteiger partial charge in [0.25, 0.3) is 5.91 Å². The molecule has 18 heavy (non-hydrogen) atoms. The van der Waals surface area contributed by atoms with Crippen molar-refractivity contribution in [1.29, 1.82) is 0 Å². The predicted octanol–water partition coefficient (Wildman–Crippen LogP) is 0.698. The third kappa shape index (κ3) is 2.51. The van der Waals surface area contributed by atoms with Crippen LogP contribution >= 0.6 is 0 Å². The standard InChI is InChI=1S/C11H9N3O4/c15-10(14-6-7-2-1-5-18-7)8-9(11(16)17)13-4-3-12-8/h1-5H,6H2,(H,14,15)(H,16,17). The minimum Gasteiger partial charge on any atom is -0.476 e. The molecule has 0 atom stereocenters. The molecule has 0 bridgehead atoms. The van der Waals surface area contributed by atoms with E-state index in [2.05, 4.69) is 15.3 Å². The van der Waals surface area contributed by atoms with Crippen molar-refractivity contribution in [3.8, 4) is 0 Å². The Morgan fingerprint density at radius 2 is 2.00 bits per heavy atom. The summed E-state index contributed by atoms with van der Waals surface area (Å²) in [6, 6.07) is 3.38. The van der Waals surface area contributed by atoms with Crippen LogP contribution in [0.15, 0.2) is 35.2 Å². The van der Waals surface area contributed by atoms with Crippen LogP contribution in [-0.4, -0.2) is 27.0 Å². The summed E-state index contributed by atoms with van der Waals surface area (Å²) < 4.78 is 5.03. The number of nitrogens with zero attached hydrogens (tertiary/aromatic N) is 2. The van der Waals surface area contributed by atoms with Crippen LogP contribution in [0.5, 0.6) is 0 Å². The number of carboxylic acid groups (broad SMARTS) is 1. The van der Waals surface area contributed by atoms with Gasteiger partial charge in [-0.15, -0.1) is 0 Å². The number of carbonyl (C=O) groups excluding carboxylic acids is 1. The largest absolute Gasteiger partial charge is 0.476 e. The van der Waals surface area contributed by atoms with Crippen molar-refractivity contribution in [2.45, 2.75) is 6.54 Å². The molecular weight excluding hydrogens is 238 g/mol. The average molecular weight is 247 g/mol. The van der Waals surface area contributed by atoms with Gasteiger partial charge in [-0.3, -0.25) is 4.79 Å². The van der Waals surface area contributed by atoms with Gasteiger partial charge in [0.15, 0.2) is 11.4 Å². The topological polar surface area (TPSA) is 105 Å². The number of nitrogens with one attached hydrogen (secondary N) is 1. The highest BCUT2D eigenvalue weighted by atomic mass is 16.4. The molecular formula is C11H9N3O4. The maximum Gasteiger partial charge on any atom is 0.356 e. The number of hydrogen-bond acceptors (Lipinski definition) is 5. The first-order valence-corrected chi connectivity index (χ1v) is 5.03. The average Bonchev–Trinajstić information content (AvgIpc) is 2.89. The van der Waals surface area contributed by atoms with Gasteiger partial charge in [-0.1, -0.05) is 0 Å². The molecule has 0 aliphatic rings. The Hall–Kier alpha value is -2.70. The van der Waals surface area contributed by atoms with E-state index < -0.39 is 11.9 Å². The molecule has 2 N–H and O–H groups in total. The molecule has 7 nitrogen and oxygen atoms in total. The van der Waals surface area contributed by atoms with Gasteiger partial charge < -0.3 is 14.8 Å². The smallest absolute Gasteiger partial charge is 0.356 e. The van der Waals surface area contributed by atoms with Gasteiger partial charge in [0.2, 0.25) is 0 Å². The fourth-order valence-corrected chi connectivity index (χ4v) is 1.32. The van der Waals surface area contributed by atoms with Crippen molar-refractivity contribution in [3.63, 3.8) is 0 Å². The summed E-state index contributed by atoms with van der Waals surface area (Å²) in [5.41, 5.74) is -0.606. The normalized spacial score (nSPS) is 10.0. The molecule has 2 aromatic rings. The zero-order valence-corrected chi connectivity index (χ0v) is 9.16. The number of aromatic carboxylic acids is 1. The van der Waals surface area contributed by atoms with Crippen LogP contribution in [0.25, 0.3) is 0 Å². The highest BCUT2D eigenvalue weighted by molar-refractivity contribution is 6.01. The summed E-state index contributed by atoms with van der Waals surface area (Å²) in [6.45, 7) is 0.154. The number of hydrogen-bond donors (Lipinski definition) is 2. The molecule has 0 saturated heterocycles. The van der Waals surface area contributed by atoms with Gasteiger partial charge in [0, 0.05) is 12.4 Å². The van der Waals surface area contributed by atoms with E-state index >= 15 is 0 Å². The van der Waals surface area contributed by atoms with Gasteiger partial charge in [-0.25, -0.2) is 14.8 Å². The fraction of sp³-hybridized carbons (Fsp3) is 0.0909. The number of amides is 1. The number of carboxylic acids is 1. The second-order valence-corrected chi connectivity index (χ2v) is 3.32. The Labute approximate surface area is 101 Å². The van der Waals surface area contributed by atoms with Gasteiger partial charge in [0.1, 0.15) is 5.76 Å². The molecule has 0 fully saturated rings. The van der Waals surface area contributed by atoms with Gasteiger partial charge >= 0.3 is 5.97 Å². The van der Waals surface area contributed by atoms with Crippen LogP contribution in [-0.2, 0) is 6.54 Å². The van der Waals surface area contributed by atoms with E-state index in [1.807, 2.05) is 0 Å². The van der Waals surface area contributed by atoms with Crippen LogP contribution < -0.4 is 5.32 Å². The molecule has 7 heteroatoms. The number of furan rings is 1. The van der Waals surface area contributed by atoms with E-state index in [0.29, 0.717) is 5.76 Å². The molecule has 0 radical (unpaired) electrons. The van der Waals surface area contributed by atoms with Crippen molar-refractivity contribution in [1.82, 2.24) is 15.3 Å². The molecule has 0 aliphatic carbocycles. The number of carbonyl (C=O) groups is 2. The van der Waals surface area contributed by atoms with Gasteiger partial charge in [-0.2, -0.15) is 0 Å². The molecule has 0 unspecified atom stereocenters. The van der Waals surface area contributed by atoms with Crippen molar-refractivity contribution < 1.29 is 19.1 Å². The first-order valence-electron chi connectivity index (χ1n) is 5.03. The highest BCUT2D eigenvalue weighted by Crippen LogP contribution is 2.03. The molecule has 2 heterocycles. The lowest BCUT2D eigenvalue weighted by atomic mass is 10.3. The van der Waals surface area contributed by atoms with E-state index in [1.54, 1.807) is 12.1 Å². The van der Waals surface area contributed by atoms with Crippen molar-refractivity contribution in [2.24, 2.45) is 0 Å². The highest BCUT2D eigenvalue weighted by Gasteiger charge is 2.19. The lowest BCUT2D eigenvalue weighted by Crippen LogP contribution is -2.26. The molecule has 0 spiro atoms. The van der Waals surface area contributed by atoms with Crippen molar-refractivity contribution in [2.75, 3.05) is 0 Å². The lowest BCUT2D eigenvalue weighted by Gasteiger charge is -2.04. The van der Waals surface area contributed by atoms with Crippen LogP contribution in [0.2, 0.25) is 0 Å². The van der Waals surface area contributed by atoms with Gasteiger partial charge in [0.05, 0.1) is 12.8 Å². The van der Waals surface area contributed by atoms with Crippen LogP contribution in [0.1, 0.15) is 26.7 Å². The Bertz CT molecular complexity index is 565. The molecule has 1 amide bonds. The molecule has 2 aromatic heterocycles. The minimum atomic E-state index is -1.30. The van der Waals surface area contributed by atoms with Crippen LogP contribution in [0, 0.1) is 0 Å². The Morgan fingerprint density at radius 3 is 2.61 bits per heavy atom. The summed E-state index contributed by atoms with van der Waals surface area (Å²) in [4.78, 5) is 29.9. The molecule has 2 rings (SSSR count). The summed E-state index contributed by atoms with van der Waals surface area (Å²) in [7, 11) is 0. The second-order valence-electron chi connectivity index (χ2n) is 3.32. The maximum atomic E-state index is 11.7. The SMILES string of the molecule is O=C(O)c1nccnc1C(=O)NCc1ccco1. The van der Waals surface area contributed by atoms with Crippen LogP contribution in [0.4, 0.5) is 0 Å². The van der Waals surface area contributed by atoms with E-state index in [-0.39, 0.29) is 17.9 Å². The molecule has 92 valence electrons. The number of rotatable bonds is 4. The summed E-state index contributed by atoms with van der Waals surface area (Å²) in [5.74, 6) is -1.35. The third-order valence-electron chi connectivity index (χ3n) is 2.12. The summed E-state index contributed by atoms with van der Waals surface area (Å²) >= 11 is 0. The zero-order chi connectivity index (χ0) is 13.0. The quantitative estimate of drug-likeness (QED) is 0.823. The monoisotopic (exact) mass is 247 g/mol. The molecule has 0 aliphatic heterocycles.